The highest BCUT2D eigenvalue weighted by Crippen LogP contribution is 2.64. The molecule has 4 atom stereocenters. The molecule has 1 unspecified atom stereocenters. The monoisotopic (exact) mass is 761 g/mol. The van der Waals surface area contributed by atoms with Crippen molar-refractivity contribution in [3.63, 3.8) is 0 Å². The minimum Gasteiger partial charge on any atom is -0.497 e. The van der Waals surface area contributed by atoms with E-state index in [1.165, 1.54) is 10.8 Å². The minimum absolute atomic E-state index is 0.0710. The van der Waals surface area contributed by atoms with Crippen LogP contribution in [0.3, 0.4) is 0 Å². The van der Waals surface area contributed by atoms with Crippen molar-refractivity contribution in [1.82, 2.24) is 14.2 Å². The van der Waals surface area contributed by atoms with Gasteiger partial charge in [0.25, 0.3) is 5.56 Å². The normalized spacial score (nSPS) is 18.6. The number of nitrogens with zero attached hydrogens (tertiary/aromatic N) is 3. The summed E-state index contributed by atoms with van der Waals surface area (Å²) in [6.45, 7) is 9.65. The molecule has 2 N–H and O–H groups in total. The zero-order valence-corrected chi connectivity index (χ0v) is 33.1. The van der Waals surface area contributed by atoms with Gasteiger partial charge in [0.1, 0.15) is 36.1 Å². The van der Waals surface area contributed by atoms with Gasteiger partial charge in [0.2, 0.25) is 0 Å². The van der Waals surface area contributed by atoms with Crippen LogP contribution in [0, 0.1) is 18.3 Å². The average molecular weight is 762 g/mol. The molecule has 282 valence electrons. The van der Waals surface area contributed by atoms with Crippen molar-refractivity contribution < 1.29 is 23.6 Å². The maximum absolute atomic E-state index is 13.2. The lowest BCUT2D eigenvalue weighted by atomic mass is 9.84. The van der Waals surface area contributed by atoms with E-state index >= 15 is 0 Å². The summed E-state index contributed by atoms with van der Waals surface area (Å²) in [5, 5.41) is 9.61. The molecular formula is C40H50N4O7PS+. The molecule has 1 fully saturated rings. The zero-order chi connectivity index (χ0) is 38.3. The van der Waals surface area contributed by atoms with Gasteiger partial charge >= 0.3 is 13.6 Å². The van der Waals surface area contributed by atoms with Crippen molar-refractivity contribution in [2.24, 2.45) is 0 Å². The molecule has 1 aliphatic rings. The lowest BCUT2D eigenvalue weighted by Gasteiger charge is -2.38. The SMILES string of the molecule is COc1ccc(C(SC[C@H]2O[C@@H](n3cc(C)c(=O)[nH]c3=O)C[C@@H]2O[P+](O)(CCC#N)N(C(C)C)C(C)C)(c2ccccc2)c2ccc(OC)cc2)cc1. The number of methoxy groups -OCH3 is 2. The van der Waals surface area contributed by atoms with Gasteiger partial charge in [0, 0.05) is 36.0 Å². The summed E-state index contributed by atoms with van der Waals surface area (Å²) in [5.74, 6) is 1.84. The number of hydrogen-bond donors (Lipinski definition) is 2. The van der Waals surface area contributed by atoms with Gasteiger partial charge in [-0.3, -0.25) is 14.3 Å². The summed E-state index contributed by atoms with van der Waals surface area (Å²) < 4.78 is 27.3. The highest BCUT2D eigenvalue weighted by atomic mass is 32.2. The second-order valence-electron chi connectivity index (χ2n) is 13.7. The van der Waals surface area contributed by atoms with Gasteiger partial charge in [-0.1, -0.05) is 54.6 Å². The molecular weight excluding hydrogens is 712 g/mol. The van der Waals surface area contributed by atoms with E-state index in [9.17, 15) is 19.7 Å². The van der Waals surface area contributed by atoms with Crippen molar-refractivity contribution in [2.75, 3.05) is 26.1 Å². The van der Waals surface area contributed by atoms with Crippen LogP contribution in [0.1, 0.15) is 69.0 Å². The molecule has 0 saturated carbocycles. The third-order valence-corrected chi connectivity index (χ3v) is 14.2. The summed E-state index contributed by atoms with van der Waals surface area (Å²) in [5.41, 5.74) is 2.36. The van der Waals surface area contributed by atoms with E-state index in [4.69, 9.17) is 18.7 Å². The summed E-state index contributed by atoms with van der Waals surface area (Å²) in [7, 11) is -0.0705. The van der Waals surface area contributed by atoms with E-state index in [2.05, 4.69) is 47.5 Å². The first-order valence-electron chi connectivity index (χ1n) is 17.8. The summed E-state index contributed by atoms with van der Waals surface area (Å²) in [6.07, 6.45) is -0.0442. The van der Waals surface area contributed by atoms with E-state index in [1.54, 1.807) is 32.9 Å². The van der Waals surface area contributed by atoms with Gasteiger partial charge in [0.15, 0.2) is 0 Å². The second kappa shape index (κ2) is 17.5. The average Bonchev–Trinajstić information content (AvgIpc) is 3.54. The highest BCUT2D eigenvalue weighted by molar-refractivity contribution is 8.00. The largest absolute Gasteiger partial charge is 0.497 e. The quantitative estimate of drug-likeness (QED) is 0.0903. The molecule has 1 aromatic heterocycles. The number of aromatic amines is 1. The van der Waals surface area contributed by atoms with E-state index in [0.29, 0.717) is 11.3 Å². The Labute approximate surface area is 316 Å². The molecule has 2 heterocycles. The van der Waals surface area contributed by atoms with Crippen molar-refractivity contribution in [3.05, 3.63) is 128 Å². The molecule has 4 aromatic rings. The number of rotatable bonds is 16. The Morgan fingerprint density at radius 2 is 1.51 bits per heavy atom. The summed E-state index contributed by atoms with van der Waals surface area (Å²) in [4.78, 5) is 40.3. The van der Waals surface area contributed by atoms with Gasteiger partial charge in [0.05, 0.1) is 31.5 Å². The maximum atomic E-state index is 13.2. The standard InChI is InChI=1S/C40H49N4O7PS/c1-27(2)44(28(3)4)52(47,23-11-22-41)51-35-24-37(43-25-29(5)38(45)42-39(43)46)50-36(35)26-53-40(30-12-9-8-10-13-30,31-14-18-33(48-6)19-15-31)32-16-20-34(49-7)21-17-32/h8-10,12-21,25,27-28,35-37,47H,11,23-24,26H2,1-7H3/p+1/t35-,36+,37+,52?/m0/s1. The Morgan fingerprint density at radius 1 is 0.962 bits per heavy atom. The molecule has 53 heavy (non-hydrogen) atoms. The van der Waals surface area contributed by atoms with Crippen LogP contribution in [0.15, 0.2) is 94.6 Å². The summed E-state index contributed by atoms with van der Waals surface area (Å²) in [6, 6.07) is 28.3. The van der Waals surface area contributed by atoms with E-state index < -0.39 is 42.3 Å². The Kier molecular flexibility index (Phi) is 13.3. The molecule has 0 spiro atoms. The molecule has 3 aromatic carbocycles. The van der Waals surface area contributed by atoms with Crippen LogP contribution in [0.4, 0.5) is 0 Å². The van der Waals surface area contributed by atoms with Crippen LogP contribution in [0.5, 0.6) is 11.5 Å². The van der Waals surface area contributed by atoms with Crippen LogP contribution in [0.2, 0.25) is 0 Å². The fourth-order valence-corrected chi connectivity index (χ4v) is 11.7. The molecule has 11 nitrogen and oxygen atoms in total. The van der Waals surface area contributed by atoms with Crippen molar-refractivity contribution in [2.45, 2.75) is 82.7 Å². The number of thioether (sulfide) groups is 1. The number of nitriles is 1. The number of nitrogens with one attached hydrogen (secondary N) is 1. The Bertz CT molecular complexity index is 1910. The second-order valence-corrected chi connectivity index (χ2v) is 17.4. The fraction of sp³-hybridized carbons (Fsp3) is 0.425. The summed E-state index contributed by atoms with van der Waals surface area (Å²) >= 11 is 1.66. The molecule has 0 amide bonds. The molecule has 1 aliphatic heterocycles. The maximum Gasteiger partial charge on any atom is 0.347 e. The molecule has 0 bridgehead atoms. The van der Waals surface area contributed by atoms with Crippen LogP contribution in [-0.2, 0) is 14.0 Å². The first kappa shape index (κ1) is 40.2. The predicted octanol–water partition coefficient (Wildman–Crippen LogP) is 7.05. The predicted molar refractivity (Wildman–Crippen MR) is 211 cm³/mol. The van der Waals surface area contributed by atoms with Crippen LogP contribution < -0.4 is 20.7 Å². The number of aryl methyl sites for hydroxylation is 1. The lowest BCUT2D eigenvalue weighted by molar-refractivity contribution is -0.00682. The van der Waals surface area contributed by atoms with Crippen molar-refractivity contribution >= 4 is 19.6 Å². The number of hydrogen-bond acceptors (Lipinski definition) is 10. The third-order valence-electron chi connectivity index (χ3n) is 9.51. The number of benzene rings is 3. The van der Waals surface area contributed by atoms with Gasteiger partial charge < -0.3 is 14.2 Å². The molecule has 1 saturated heterocycles. The number of H-pyrrole nitrogens is 1. The highest BCUT2D eigenvalue weighted by Gasteiger charge is 2.54. The fourth-order valence-electron chi connectivity index (χ4n) is 7.17. The Hall–Kier alpha value is -3.95. The third kappa shape index (κ3) is 8.73. The first-order valence-corrected chi connectivity index (χ1v) is 20.6. The van der Waals surface area contributed by atoms with Gasteiger partial charge in [-0.25, -0.2) is 9.69 Å². The van der Waals surface area contributed by atoms with Gasteiger partial charge in [-0.05, 0) is 75.6 Å². The van der Waals surface area contributed by atoms with Gasteiger partial charge in [-0.15, -0.1) is 16.4 Å². The van der Waals surface area contributed by atoms with Crippen molar-refractivity contribution in [1.29, 1.82) is 5.26 Å². The lowest BCUT2D eigenvalue weighted by Crippen LogP contribution is -2.41. The number of ether oxygens (including phenoxy) is 3. The van der Waals surface area contributed by atoms with E-state index in [1.807, 2.05) is 74.8 Å². The molecule has 0 radical (unpaired) electrons. The van der Waals surface area contributed by atoms with Gasteiger partial charge in [-0.2, -0.15) is 9.79 Å². The van der Waals surface area contributed by atoms with Crippen LogP contribution >= 0.6 is 19.6 Å². The number of aromatic nitrogens is 2. The topological polar surface area (TPSA) is 139 Å². The smallest absolute Gasteiger partial charge is 0.347 e. The molecule has 5 rings (SSSR count). The van der Waals surface area contributed by atoms with Crippen LogP contribution in [0.25, 0.3) is 0 Å². The van der Waals surface area contributed by atoms with E-state index in [0.717, 1.165) is 28.2 Å². The first-order chi connectivity index (χ1) is 25.4. The minimum atomic E-state index is -3.35. The van der Waals surface area contributed by atoms with Crippen LogP contribution in [-0.4, -0.2) is 69.5 Å². The van der Waals surface area contributed by atoms with Crippen molar-refractivity contribution in [3.8, 4) is 17.6 Å². The molecule has 0 aliphatic carbocycles. The zero-order valence-electron chi connectivity index (χ0n) is 31.4. The van der Waals surface area contributed by atoms with E-state index in [-0.39, 0.29) is 31.1 Å². The molecule has 13 heteroatoms. The Balaban J connectivity index is 1.63. The Morgan fingerprint density at radius 3 is 2.02 bits per heavy atom.